The number of hydrogen-bond donors (Lipinski definition) is 1. The van der Waals surface area contributed by atoms with Crippen LogP contribution in [0.3, 0.4) is 0 Å². The Morgan fingerprint density at radius 3 is 2.10 bits per heavy atom. The lowest BCUT2D eigenvalue weighted by molar-refractivity contribution is -0.143. The molecule has 0 unspecified atom stereocenters. The van der Waals surface area contributed by atoms with Crippen LogP contribution in [0.15, 0.2) is 48.7 Å². The molecule has 0 radical (unpaired) electrons. The maximum Gasteiger partial charge on any atom is 0.416 e. The van der Waals surface area contributed by atoms with E-state index in [0.717, 1.165) is 4.68 Å². The molecule has 1 aromatic heterocycles. The summed E-state index contributed by atoms with van der Waals surface area (Å²) in [5.74, 6) is -0.365. The number of anilines is 1. The summed E-state index contributed by atoms with van der Waals surface area (Å²) >= 11 is 5.76. The number of carbonyl (C=O) groups excluding carboxylic acids is 1. The lowest BCUT2D eigenvalue weighted by Gasteiger charge is -2.13. The second-order valence-corrected chi connectivity index (χ2v) is 6.91. The van der Waals surface area contributed by atoms with Crippen molar-refractivity contribution in [1.82, 2.24) is 15.0 Å². The van der Waals surface area contributed by atoms with E-state index < -0.39 is 29.2 Å². The molecule has 1 heterocycles. The molecule has 164 valence electrons. The van der Waals surface area contributed by atoms with Crippen molar-refractivity contribution in [2.24, 2.45) is 0 Å². The Kier molecular flexibility index (Phi) is 6.25. The summed E-state index contributed by atoms with van der Waals surface area (Å²) in [5.41, 5.74) is -2.64. The van der Waals surface area contributed by atoms with Crippen LogP contribution in [-0.4, -0.2) is 20.9 Å². The Labute approximate surface area is 176 Å². The van der Waals surface area contributed by atoms with Crippen LogP contribution < -0.4 is 5.32 Å². The zero-order valence-electron chi connectivity index (χ0n) is 15.4. The summed E-state index contributed by atoms with van der Waals surface area (Å²) in [4.78, 5) is 12.0. The summed E-state index contributed by atoms with van der Waals surface area (Å²) in [6.07, 6.45) is -8.73. The minimum atomic E-state index is -4.97. The van der Waals surface area contributed by atoms with Gasteiger partial charge in [0.05, 0.1) is 28.7 Å². The summed E-state index contributed by atoms with van der Waals surface area (Å²) < 4.78 is 78.8. The number of aromatic nitrogens is 3. The molecule has 1 N–H and O–H groups in total. The quantitative estimate of drug-likeness (QED) is 0.507. The van der Waals surface area contributed by atoms with Gasteiger partial charge in [0, 0.05) is 23.6 Å². The van der Waals surface area contributed by atoms with E-state index in [1.165, 1.54) is 6.20 Å². The van der Waals surface area contributed by atoms with Crippen LogP contribution in [0.1, 0.15) is 23.2 Å². The van der Waals surface area contributed by atoms with Gasteiger partial charge < -0.3 is 5.32 Å². The van der Waals surface area contributed by atoms with Gasteiger partial charge in [0.25, 0.3) is 0 Å². The zero-order valence-corrected chi connectivity index (χ0v) is 16.2. The number of carbonyl (C=O) groups is 1. The van der Waals surface area contributed by atoms with E-state index in [0.29, 0.717) is 22.8 Å². The zero-order chi connectivity index (χ0) is 22.8. The maximum absolute atomic E-state index is 13.0. The van der Waals surface area contributed by atoms with Gasteiger partial charge in [0.1, 0.15) is 0 Å². The molecule has 12 heteroatoms. The number of aryl methyl sites for hydroxylation is 1. The van der Waals surface area contributed by atoms with E-state index in [1.807, 2.05) is 0 Å². The van der Waals surface area contributed by atoms with Gasteiger partial charge in [0.2, 0.25) is 5.91 Å². The molecule has 0 atom stereocenters. The first-order valence-electron chi connectivity index (χ1n) is 8.68. The summed E-state index contributed by atoms with van der Waals surface area (Å²) in [6.45, 7) is 0. The van der Waals surface area contributed by atoms with Gasteiger partial charge >= 0.3 is 12.4 Å². The van der Waals surface area contributed by atoms with Crippen molar-refractivity contribution in [2.75, 3.05) is 5.32 Å². The van der Waals surface area contributed by atoms with Crippen LogP contribution in [0.4, 0.5) is 32.0 Å². The highest BCUT2D eigenvalue weighted by Crippen LogP contribution is 2.37. The Morgan fingerprint density at radius 2 is 1.55 bits per heavy atom. The lowest BCUT2D eigenvalue weighted by atomic mass is 10.1. The summed E-state index contributed by atoms with van der Waals surface area (Å²) in [5, 5.41) is 10.4. The molecule has 0 aliphatic heterocycles. The predicted molar refractivity (Wildman–Crippen MR) is 99.8 cm³/mol. The first-order chi connectivity index (χ1) is 14.4. The van der Waals surface area contributed by atoms with Crippen LogP contribution in [0.2, 0.25) is 5.02 Å². The van der Waals surface area contributed by atoms with Crippen LogP contribution in [0, 0.1) is 0 Å². The van der Waals surface area contributed by atoms with Crippen molar-refractivity contribution in [3.63, 3.8) is 0 Å². The summed E-state index contributed by atoms with van der Waals surface area (Å²) in [6, 6.07) is 7.50. The van der Waals surface area contributed by atoms with Crippen molar-refractivity contribution in [3.8, 4) is 5.69 Å². The Bertz CT molecular complexity index is 1040. The van der Waals surface area contributed by atoms with E-state index in [1.54, 1.807) is 24.3 Å². The molecule has 31 heavy (non-hydrogen) atoms. The smallest absolute Gasteiger partial charge is 0.326 e. The maximum atomic E-state index is 13.0. The van der Waals surface area contributed by atoms with E-state index in [2.05, 4.69) is 15.6 Å². The molecule has 0 saturated heterocycles. The van der Waals surface area contributed by atoms with Crippen molar-refractivity contribution >= 4 is 23.2 Å². The molecule has 0 bridgehead atoms. The van der Waals surface area contributed by atoms with E-state index in [9.17, 15) is 31.1 Å². The second kappa shape index (κ2) is 8.58. The Morgan fingerprint density at radius 1 is 0.968 bits per heavy atom. The second-order valence-electron chi connectivity index (χ2n) is 6.47. The molecule has 0 aliphatic rings. The van der Waals surface area contributed by atoms with Gasteiger partial charge in [0.15, 0.2) is 0 Å². The monoisotopic (exact) mass is 462 g/mol. The van der Waals surface area contributed by atoms with Crippen molar-refractivity contribution in [3.05, 3.63) is 70.5 Å². The molecular formula is C19H13ClF6N4O. The molecule has 0 aliphatic carbocycles. The third kappa shape index (κ3) is 5.97. The van der Waals surface area contributed by atoms with Crippen molar-refractivity contribution < 1.29 is 31.1 Å². The first kappa shape index (κ1) is 22.6. The van der Waals surface area contributed by atoms with Crippen molar-refractivity contribution in [2.45, 2.75) is 25.2 Å². The van der Waals surface area contributed by atoms with E-state index >= 15 is 0 Å². The minimum absolute atomic E-state index is 0.0300. The van der Waals surface area contributed by atoms with Crippen LogP contribution in [0.25, 0.3) is 5.69 Å². The van der Waals surface area contributed by atoms with E-state index in [4.69, 9.17) is 11.6 Å². The molecule has 5 nitrogen and oxygen atoms in total. The number of alkyl halides is 6. The fourth-order valence-corrected chi connectivity index (χ4v) is 2.73. The lowest BCUT2D eigenvalue weighted by Crippen LogP contribution is -2.12. The fraction of sp³-hybridized carbons (Fsp3) is 0.211. The van der Waals surface area contributed by atoms with Gasteiger partial charge in [-0.1, -0.05) is 16.8 Å². The number of nitrogens with one attached hydrogen (secondary N) is 1. The number of nitrogens with zero attached hydrogens (tertiary/aromatic N) is 3. The standard InChI is InChI=1S/C19H13ClF6N4O/c20-13-1-3-14(4-2-13)27-17(31)6-5-15-10-30(29-28-15)16-8-11(18(21,22)23)7-12(9-16)19(24,25)26/h1-4,7-10H,5-6H2,(H,27,31). The van der Waals surface area contributed by atoms with Gasteiger partial charge in [-0.25, -0.2) is 4.68 Å². The SMILES string of the molecule is O=C(CCc1cn(-c2cc(C(F)(F)F)cc(C(F)(F)F)c2)nn1)Nc1ccc(Cl)cc1. The highest BCUT2D eigenvalue weighted by molar-refractivity contribution is 6.30. The number of benzene rings is 2. The number of amides is 1. The molecule has 3 aromatic rings. The molecule has 0 spiro atoms. The molecule has 0 saturated carbocycles. The molecule has 2 aromatic carbocycles. The molecule has 1 amide bonds. The predicted octanol–water partition coefficient (Wildman–Crippen LogP) is 5.53. The average molecular weight is 463 g/mol. The largest absolute Gasteiger partial charge is 0.416 e. The number of hydrogen-bond acceptors (Lipinski definition) is 3. The number of rotatable bonds is 5. The minimum Gasteiger partial charge on any atom is -0.326 e. The first-order valence-corrected chi connectivity index (χ1v) is 9.06. The molecule has 0 fully saturated rings. The third-order valence-electron chi connectivity index (χ3n) is 4.11. The number of halogens is 7. The van der Waals surface area contributed by atoms with Gasteiger partial charge in [-0.05, 0) is 42.5 Å². The van der Waals surface area contributed by atoms with Crippen LogP contribution in [-0.2, 0) is 23.6 Å². The fourth-order valence-electron chi connectivity index (χ4n) is 2.61. The van der Waals surface area contributed by atoms with Crippen LogP contribution >= 0.6 is 11.6 Å². The molecular weight excluding hydrogens is 450 g/mol. The Balaban J connectivity index is 1.74. The van der Waals surface area contributed by atoms with Gasteiger partial charge in [-0.15, -0.1) is 5.10 Å². The van der Waals surface area contributed by atoms with Gasteiger partial charge in [-0.3, -0.25) is 4.79 Å². The van der Waals surface area contributed by atoms with Gasteiger partial charge in [-0.2, -0.15) is 26.3 Å². The third-order valence-corrected chi connectivity index (χ3v) is 4.37. The topological polar surface area (TPSA) is 59.8 Å². The normalized spacial score (nSPS) is 12.1. The summed E-state index contributed by atoms with van der Waals surface area (Å²) in [7, 11) is 0. The molecule has 3 rings (SSSR count). The van der Waals surface area contributed by atoms with Crippen molar-refractivity contribution in [1.29, 1.82) is 0 Å². The Hall–Kier alpha value is -3.08. The van der Waals surface area contributed by atoms with E-state index in [-0.39, 0.29) is 30.5 Å². The highest BCUT2D eigenvalue weighted by atomic mass is 35.5. The average Bonchev–Trinajstić information content (AvgIpc) is 3.16. The van der Waals surface area contributed by atoms with Crippen LogP contribution in [0.5, 0.6) is 0 Å². The highest BCUT2D eigenvalue weighted by Gasteiger charge is 2.37.